The standard InChI is InChI=1S/C34H39BF2N6O8/c1-20(2)29(32(47)42-15-5-8-27(42)35(49)50)41-33(48)51-18-21-9-11-22(12-10-21)40-31(46)26-16-34(36,37)19-43(26)28(44)17-39-30(45)24-13-14-38-25-7-4-3-6-23(24)25/h3-4,6-7,9-14,20,26-27,29,49-50H,5,8,15-19H2,1-2H3,(H,39,45)(H,40,46)(H,41,48)/t26-,27-,29?/m0/s1. The first kappa shape index (κ1) is 37.1. The van der Waals surface area contributed by atoms with Crippen molar-refractivity contribution in [2.75, 3.05) is 25.0 Å². The quantitative estimate of drug-likeness (QED) is 0.186. The molecule has 14 nitrogen and oxygen atoms in total. The summed E-state index contributed by atoms with van der Waals surface area (Å²) < 4.78 is 34.3. The Morgan fingerprint density at radius 3 is 2.47 bits per heavy atom. The Morgan fingerprint density at radius 2 is 1.76 bits per heavy atom. The highest BCUT2D eigenvalue weighted by Gasteiger charge is 2.50. The first-order valence-electron chi connectivity index (χ1n) is 16.5. The number of para-hydroxylation sites is 1. The fourth-order valence-corrected chi connectivity index (χ4v) is 6.26. The van der Waals surface area contributed by atoms with Crippen molar-refractivity contribution in [2.24, 2.45) is 5.92 Å². The number of anilines is 1. The van der Waals surface area contributed by atoms with Gasteiger partial charge < -0.3 is 40.5 Å². The molecule has 3 heterocycles. The van der Waals surface area contributed by atoms with E-state index in [0.717, 1.165) is 4.90 Å². The van der Waals surface area contributed by atoms with Crippen LogP contribution in [-0.2, 0) is 25.7 Å². The number of ether oxygens (including phenoxy) is 1. The molecule has 1 unspecified atom stereocenters. The number of nitrogens with zero attached hydrogens (tertiary/aromatic N) is 3. The van der Waals surface area contributed by atoms with Crippen LogP contribution < -0.4 is 16.0 Å². The van der Waals surface area contributed by atoms with E-state index < -0.39 is 80.3 Å². The lowest BCUT2D eigenvalue weighted by Crippen LogP contribution is -2.55. The molecule has 2 fully saturated rings. The van der Waals surface area contributed by atoms with Crippen molar-refractivity contribution in [1.82, 2.24) is 25.4 Å². The Balaban J connectivity index is 1.13. The normalized spacial score (nSPS) is 18.7. The van der Waals surface area contributed by atoms with E-state index in [1.807, 2.05) is 0 Å². The van der Waals surface area contributed by atoms with E-state index in [9.17, 15) is 42.8 Å². The number of amides is 5. The molecular weight excluding hydrogens is 669 g/mol. The summed E-state index contributed by atoms with van der Waals surface area (Å²) in [4.78, 5) is 71.0. The van der Waals surface area contributed by atoms with Crippen LogP contribution in [0.15, 0.2) is 60.8 Å². The van der Waals surface area contributed by atoms with Gasteiger partial charge in [0, 0.05) is 30.2 Å². The van der Waals surface area contributed by atoms with Gasteiger partial charge in [0.15, 0.2) is 0 Å². The Kier molecular flexibility index (Phi) is 11.5. The fourth-order valence-electron chi connectivity index (χ4n) is 6.26. The second kappa shape index (κ2) is 15.8. The maximum atomic E-state index is 14.5. The molecule has 0 aliphatic carbocycles. The Bertz CT molecular complexity index is 1770. The number of aromatic nitrogens is 1. The van der Waals surface area contributed by atoms with Gasteiger partial charge in [-0.05, 0) is 48.6 Å². The molecular formula is C34H39BF2N6O8. The van der Waals surface area contributed by atoms with E-state index in [4.69, 9.17) is 4.74 Å². The predicted octanol–water partition coefficient (Wildman–Crippen LogP) is 2.09. The summed E-state index contributed by atoms with van der Waals surface area (Å²) >= 11 is 0. The first-order valence-corrected chi connectivity index (χ1v) is 16.5. The third kappa shape index (κ3) is 8.96. The highest BCUT2D eigenvalue weighted by atomic mass is 19.3. The predicted molar refractivity (Wildman–Crippen MR) is 181 cm³/mol. The van der Waals surface area contributed by atoms with Gasteiger partial charge in [-0.1, -0.05) is 44.2 Å². The monoisotopic (exact) mass is 708 g/mol. The molecule has 2 aromatic carbocycles. The Hall–Kier alpha value is -5.16. The van der Waals surface area contributed by atoms with Crippen LogP contribution >= 0.6 is 0 Å². The second-order valence-corrected chi connectivity index (χ2v) is 12.9. The minimum atomic E-state index is -3.32. The summed E-state index contributed by atoms with van der Waals surface area (Å²) in [5.74, 6) is -7.12. The van der Waals surface area contributed by atoms with Crippen LogP contribution in [0.2, 0.25) is 0 Å². The zero-order valence-corrected chi connectivity index (χ0v) is 28.1. The molecule has 270 valence electrons. The Morgan fingerprint density at radius 1 is 1.04 bits per heavy atom. The van der Waals surface area contributed by atoms with Crippen molar-refractivity contribution < 1.29 is 47.5 Å². The topological polar surface area (TPSA) is 190 Å². The van der Waals surface area contributed by atoms with Gasteiger partial charge in [0.05, 0.1) is 30.1 Å². The molecule has 0 bridgehead atoms. The third-order valence-corrected chi connectivity index (χ3v) is 8.91. The maximum Gasteiger partial charge on any atom is 0.475 e. The molecule has 3 atom stereocenters. The van der Waals surface area contributed by atoms with Gasteiger partial charge in [-0.15, -0.1) is 0 Å². The van der Waals surface area contributed by atoms with Gasteiger partial charge in [0.1, 0.15) is 18.7 Å². The van der Waals surface area contributed by atoms with Gasteiger partial charge in [-0.2, -0.15) is 0 Å². The molecule has 3 aromatic rings. The number of hydrogen-bond acceptors (Lipinski definition) is 9. The van der Waals surface area contributed by atoms with E-state index in [0.29, 0.717) is 35.9 Å². The van der Waals surface area contributed by atoms with Gasteiger partial charge in [0.25, 0.3) is 11.8 Å². The number of hydrogen-bond donors (Lipinski definition) is 5. The van der Waals surface area contributed by atoms with E-state index in [1.165, 1.54) is 41.4 Å². The molecule has 5 amide bonds. The minimum Gasteiger partial charge on any atom is -0.445 e. The number of nitrogens with one attached hydrogen (secondary N) is 3. The number of alkyl carbamates (subject to hydrolysis) is 1. The van der Waals surface area contributed by atoms with Crippen molar-refractivity contribution >= 4 is 53.4 Å². The lowest BCUT2D eigenvalue weighted by Gasteiger charge is -2.30. The van der Waals surface area contributed by atoms with E-state index in [1.54, 1.807) is 38.1 Å². The number of carbonyl (C=O) groups excluding carboxylic acids is 5. The zero-order valence-electron chi connectivity index (χ0n) is 28.1. The van der Waals surface area contributed by atoms with Crippen molar-refractivity contribution in [2.45, 2.75) is 63.7 Å². The number of likely N-dealkylation sites (tertiary alicyclic amines) is 2. The molecule has 2 aliphatic heterocycles. The van der Waals surface area contributed by atoms with Crippen LogP contribution in [0, 0.1) is 5.92 Å². The van der Waals surface area contributed by atoms with Crippen LogP contribution in [-0.4, -0.2) is 105 Å². The van der Waals surface area contributed by atoms with Gasteiger partial charge in [0.2, 0.25) is 17.7 Å². The van der Waals surface area contributed by atoms with Crippen LogP contribution in [0.5, 0.6) is 0 Å². The minimum absolute atomic E-state index is 0.196. The van der Waals surface area contributed by atoms with E-state index >= 15 is 0 Å². The lowest BCUT2D eigenvalue weighted by atomic mass is 9.77. The molecule has 0 saturated carbocycles. The smallest absolute Gasteiger partial charge is 0.445 e. The largest absolute Gasteiger partial charge is 0.475 e. The molecule has 5 N–H and O–H groups in total. The molecule has 0 spiro atoms. The van der Waals surface area contributed by atoms with Crippen molar-refractivity contribution in [1.29, 1.82) is 0 Å². The highest BCUT2D eigenvalue weighted by molar-refractivity contribution is 6.43. The van der Waals surface area contributed by atoms with Crippen molar-refractivity contribution in [3.8, 4) is 0 Å². The van der Waals surface area contributed by atoms with Gasteiger partial charge in [-0.25, -0.2) is 13.6 Å². The summed E-state index contributed by atoms with van der Waals surface area (Å²) in [5.41, 5.74) is 1.58. The molecule has 2 aliphatic rings. The van der Waals surface area contributed by atoms with Crippen LogP contribution in [0.3, 0.4) is 0 Å². The molecule has 17 heteroatoms. The lowest BCUT2D eigenvalue weighted by molar-refractivity contribution is -0.136. The van der Waals surface area contributed by atoms with Crippen LogP contribution in [0.4, 0.5) is 19.3 Å². The summed E-state index contributed by atoms with van der Waals surface area (Å²) in [7, 11) is -1.69. The molecule has 0 radical (unpaired) electrons. The highest BCUT2D eigenvalue weighted by Crippen LogP contribution is 2.33. The summed E-state index contributed by atoms with van der Waals surface area (Å²) in [5, 5.41) is 27.3. The maximum absolute atomic E-state index is 14.5. The molecule has 51 heavy (non-hydrogen) atoms. The number of fused-ring (bicyclic) bond motifs is 1. The van der Waals surface area contributed by atoms with E-state index in [2.05, 4.69) is 20.9 Å². The third-order valence-electron chi connectivity index (χ3n) is 8.91. The number of halogens is 2. The fraction of sp³-hybridized carbons (Fsp3) is 0.412. The average molecular weight is 709 g/mol. The zero-order chi connectivity index (χ0) is 36.9. The molecule has 1 aromatic heterocycles. The molecule has 5 rings (SSSR count). The van der Waals surface area contributed by atoms with Crippen LogP contribution in [0.25, 0.3) is 10.9 Å². The number of carbonyl (C=O) groups is 5. The SMILES string of the molecule is CC(C)C(NC(=O)OCc1ccc(NC(=O)[C@@H]2CC(F)(F)CN2C(=O)CNC(=O)c2ccnc3ccccc23)cc1)C(=O)N1CCC[C@H]1B(O)O. The van der Waals surface area contributed by atoms with Crippen molar-refractivity contribution in [3.63, 3.8) is 0 Å². The summed E-state index contributed by atoms with van der Waals surface area (Å²) in [6.45, 7) is 2.03. The summed E-state index contributed by atoms with van der Waals surface area (Å²) in [6.07, 6.45) is 0.727. The number of benzene rings is 2. The number of alkyl halides is 2. The Labute approximate surface area is 292 Å². The van der Waals surface area contributed by atoms with Gasteiger partial charge >= 0.3 is 13.2 Å². The second-order valence-electron chi connectivity index (χ2n) is 12.9. The number of rotatable bonds is 11. The van der Waals surface area contributed by atoms with Crippen molar-refractivity contribution in [3.05, 3.63) is 71.9 Å². The van der Waals surface area contributed by atoms with Crippen LogP contribution in [0.1, 0.15) is 49.0 Å². The van der Waals surface area contributed by atoms with E-state index in [-0.39, 0.29) is 23.8 Å². The first-order chi connectivity index (χ1) is 24.2. The number of pyridine rings is 1. The summed E-state index contributed by atoms with van der Waals surface area (Å²) in [6, 6.07) is 12.0. The average Bonchev–Trinajstić information content (AvgIpc) is 3.73. The molecule has 2 saturated heterocycles. The van der Waals surface area contributed by atoms with Gasteiger partial charge in [-0.3, -0.25) is 24.2 Å².